The van der Waals surface area contributed by atoms with Crippen LogP contribution in [0.25, 0.3) is 0 Å². The smallest absolute Gasteiger partial charge is 0.305 e. The number of nitrogens with zero attached hydrogens (tertiary/aromatic N) is 2. The zero-order chi connectivity index (χ0) is 18.2. The van der Waals surface area contributed by atoms with Gasteiger partial charge in [0.1, 0.15) is 5.82 Å². The number of aromatic nitrogens is 2. The molecule has 0 fully saturated rings. The van der Waals surface area contributed by atoms with Crippen LogP contribution in [0.3, 0.4) is 0 Å². The summed E-state index contributed by atoms with van der Waals surface area (Å²) in [6.45, 7) is 0.167. The fourth-order valence-electron chi connectivity index (χ4n) is 2.63. The van der Waals surface area contributed by atoms with Crippen molar-refractivity contribution >= 4 is 40.9 Å². The SMILES string of the molecule is NC1(Cc2ccc(Cl)c(Cl)c2)NC(=O)c2ncn(CCC(=O)O)c2N1. The molecule has 0 radical (unpaired) electrons. The van der Waals surface area contributed by atoms with Crippen molar-refractivity contribution in [3.8, 4) is 0 Å². The summed E-state index contributed by atoms with van der Waals surface area (Å²) in [7, 11) is 0. The maximum absolute atomic E-state index is 12.3. The van der Waals surface area contributed by atoms with Gasteiger partial charge in [-0.1, -0.05) is 29.3 Å². The molecule has 3 rings (SSSR count). The normalized spacial score (nSPS) is 19.1. The van der Waals surface area contributed by atoms with E-state index < -0.39 is 17.7 Å². The second-order valence-electron chi connectivity index (χ2n) is 5.75. The molecule has 2 aromatic rings. The summed E-state index contributed by atoms with van der Waals surface area (Å²) in [4.78, 5) is 27.1. The van der Waals surface area contributed by atoms with Crippen LogP contribution in [-0.2, 0) is 17.8 Å². The highest BCUT2D eigenvalue weighted by Gasteiger charge is 2.37. The Balaban J connectivity index is 1.85. The first-order chi connectivity index (χ1) is 11.8. The standard InChI is InChI=1S/C15H15Cl2N5O3/c16-9-2-1-8(5-10(9)17)6-15(18)20-13-12(14(25)21-15)19-7-22(13)4-3-11(23)24/h1-2,5,7,20H,3-4,6,18H2,(H,21,25)(H,23,24). The number of halogens is 2. The number of rotatable bonds is 5. The third-order valence-electron chi connectivity index (χ3n) is 3.76. The molecule has 1 aromatic carbocycles. The Bertz CT molecular complexity index is 854. The van der Waals surface area contributed by atoms with E-state index in [9.17, 15) is 9.59 Å². The quantitative estimate of drug-likeness (QED) is 0.622. The number of nitrogens with two attached hydrogens (primary N) is 1. The largest absolute Gasteiger partial charge is 0.481 e. The molecule has 0 spiro atoms. The van der Waals surface area contributed by atoms with Crippen LogP contribution in [0.5, 0.6) is 0 Å². The molecule has 0 aliphatic carbocycles. The molecule has 1 aliphatic rings. The van der Waals surface area contributed by atoms with Gasteiger partial charge in [-0.2, -0.15) is 0 Å². The monoisotopic (exact) mass is 383 g/mol. The lowest BCUT2D eigenvalue weighted by Gasteiger charge is -2.36. The van der Waals surface area contributed by atoms with Gasteiger partial charge in [0, 0.05) is 13.0 Å². The Labute approximate surface area is 152 Å². The van der Waals surface area contributed by atoms with Gasteiger partial charge in [-0.3, -0.25) is 15.3 Å². The van der Waals surface area contributed by atoms with E-state index in [1.807, 2.05) is 0 Å². The van der Waals surface area contributed by atoms with Gasteiger partial charge < -0.3 is 20.3 Å². The third kappa shape index (κ3) is 3.71. The molecule has 132 valence electrons. The van der Waals surface area contributed by atoms with Crippen LogP contribution >= 0.6 is 23.2 Å². The van der Waals surface area contributed by atoms with Crippen LogP contribution in [0.1, 0.15) is 22.5 Å². The lowest BCUT2D eigenvalue weighted by molar-refractivity contribution is -0.137. The van der Waals surface area contributed by atoms with Gasteiger partial charge in [0.15, 0.2) is 11.5 Å². The van der Waals surface area contributed by atoms with Crippen LogP contribution in [0.15, 0.2) is 24.5 Å². The molecule has 1 unspecified atom stereocenters. The van der Waals surface area contributed by atoms with Crippen LogP contribution < -0.4 is 16.4 Å². The first-order valence-electron chi connectivity index (χ1n) is 7.38. The highest BCUT2D eigenvalue weighted by molar-refractivity contribution is 6.42. The van der Waals surface area contributed by atoms with E-state index in [0.717, 1.165) is 5.56 Å². The molecule has 8 nitrogen and oxygen atoms in total. The van der Waals surface area contributed by atoms with Crippen LogP contribution in [-0.4, -0.2) is 32.3 Å². The maximum atomic E-state index is 12.3. The highest BCUT2D eigenvalue weighted by atomic mass is 35.5. The first-order valence-corrected chi connectivity index (χ1v) is 8.13. The van der Waals surface area contributed by atoms with Gasteiger partial charge in [0.05, 0.1) is 22.8 Å². The van der Waals surface area contributed by atoms with Gasteiger partial charge in [-0.15, -0.1) is 0 Å². The van der Waals surface area contributed by atoms with Crippen molar-refractivity contribution in [1.29, 1.82) is 0 Å². The number of hydrogen-bond acceptors (Lipinski definition) is 5. The Kier molecular flexibility index (Phi) is 4.59. The molecule has 25 heavy (non-hydrogen) atoms. The fraction of sp³-hybridized carbons (Fsp3) is 0.267. The topological polar surface area (TPSA) is 122 Å². The van der Waals surface area contributed by atoms with Crippen molar-refractivity contribution in [3.05, 3.63) is 45.8 Å². The molecule has 5 N–H and O–H groups in total. The van der Waals surface area contributed by atoms with E-state index >= 15 is 0 Å². The average Bonchev–Trinajstić information content (AvgIpc) is 2.91. The molecule has 1 aromatic heterocycles. The number of imidazole rings is 1. The van der Waals surface area contributed by atoms with E-state index in [2.05, 4.69) is 15.6 Å². The van der Waals surface area contributed by atoms with Gasteiger partial charge in [0.2, 0.25) is 0 Å². The summed E-state index contributed by atoms with van der Waals surface area (Å²) in [6, 6.07) is 5.08. The van der Waals surface area contributed by atoms with Crippen molar-refractivity contribution in [2.45, 2.75) is 25.2 Å². The number of carbonyl (C=O) groups excluding carboxylic acids is 1. The summed E-state index contributed by atoms with van der Waals surface area (Å²) in [5, 5.41) is 15.3. The number of nitrogens with one attached hydrogen (secondary N) is 2. The molecular formula is C15H15Cl2N5O3. The Hall–Kier alpha value is -2.29. The summed E-state index contributed by atoms with van der Waals surface area (Å²) in [6.07, 6.45) is 1.54. The zero-order valence-electron chi connectivity index (χ0n) is 12.9. The molecule has 0 bridgehead atoms. The number of hydrogen-bond donors (Lipinski definition) is 4. The molecule has 10 heteroatoms. The van der Waals surface area contributed by atoms with Crippen LogP contribution in [0, 0.1) is 0 Å². The van der Waals surface area contributed by atoms with E-state index in [-0.39, 0.29) is 25.1 Å². The lowest BCUT2D eigenvalue weighted by Crippen LogP contribution is -2.65. The molecule has 2 heterocycles. The summed E-state index contributed by atoms with van der Waals surface area (Å²) in [5.41, 5.74) is 7.23. The number of aryl methyl sites for hydroxylation is 1. The van der Waals surface area contributed by atoms with Gasteiger partial charge in [-0.05, 0) is 17.7 Å². The van der Waals surface area contributed by atoms with Crippen LogP contribution in [0.4, 0.5) is 5.82 Å². The second-order valence-corrected chi connectivity index (χ2v) is 6.57. The number of aliphatic carboxylic acids is 1. The Morgan fingerprint density at radius 3 is 2.76 bits per heavy atom. The zero-order valence-corrected chi connectivity index (χ0v) is 14.4. The molecular weight excluding hydrogens is 369 g/mol. The molecule has 0 saturated carbocycles. The van der Waals surface area contributed by atoms with E-state index in [1.165, 1.54) is 6.33 Å². The molecule has 0 saturated heterocycles. The number of carbonyl (C=O) groups is 2. The van der Waals surface area contributed by atoms with E-state index in [1.54, 1.807) is 22.8 Å². The molecule has 1 atom stereocenters. The first kappa shape index (κ1) is 17.5. The van der Waals surface area contributed by atoms with Crippen molar-refractivity contribution in [3.63, 3.8) is 0 Å². The summed E-state index contributed by atoms with van der Waals surface area (Å²) >= 11 is 11.9. The Morgan fingerprint density at radius 2 is 2.08 bits per heavy atom. The fourth-order valence-corrected chi connectivity index (χ4v) is 2.95. The molecule has 1 amide bonds. The number of amides is 1. The average molecular weight is 384 g/mol. The predicted molar refractivity (Wildman–Crippen MR) is 92.7 cm³/mol. The van der Waals surface area contributed by atoms with Crippen molar-refractivity contribution in [2.75, 3.05) is 5.32 Å². The summed E-state index contributed by atoms with van der Waals surface area (Å²) in [5.74, 6) is -2.28. The number of fused-ring (bicyclic) bond motifs is 1. The van der Waals surface area contributed by atoms with Crippen molar-refractivity contribution in [1.82, 2.24) is 14.9 Å². The number of carboxylic acid groups (broad SMARTS) is 1. The van der Waals surface area contributed by atoms with Gasteiger partial charge in [0.25, 0.3) is 5.91 Å². The number of anilines is 1. The number of benzene rings is 1. The van der Waals surface area contributed by atoms with Crippen molar-refractivity contribution < 1.29 is 14.7 Å². The molecule has 1 aliphatic heterocycles. The van der Waals surface area contributed by atoms with Crippen LogP contribution in [0.2, 0.25) is 10.0 Å². The van der Waals surface area contributed by atoms with Crippen molar-refractivity contribution in [2.24, 2.45) is 5.73 Å². The predicted octanol–water partition coefficient (Wildman–Crippen LogP) is 1.68. The van der Waals surface area contributed by atoms with E-state index in [4.69, 9.17) is 34.0 Å². The second kappa shape index (κ2) is 6.55. The van der Waals surface area contributed by atoms with Gasteiger partial charge in [-0.25, -0.2) is 4.98 Å². The number of carboxylic acids is 1. The maximum Gasteiger partial charge on any atom is 0.305 e. The highest BCUT2D eigenvalue weighted by Crippen LogP contribution is 2.27. The minimum Gasteiger partial charge on any atom is -0.481 e. The minimum atomic E-state index is -1.28. The summed E-state index contributed by atoms with van der Waals surface area (Å²) < 4.78 is 1.55. The van der Waals surface area contributed by atoms with E-state index in [0.29, 0.717) is 15.9 Å². The van der Waals surface area contributed by atoms with Gasteiger partial charge >= 0.3 is 5.97 Å². The minimum absolute atomic E-state index is 0.101. The third-order valence-corrected chi connectivity index (χ3v) is 4.50. The lowest BCUT2D eigenvalue weighted by atomic mass is 10.0. The Morgan fingerprint density at radius 1 is 1.32 bits per heavy atom.